The van der Waals surface area contributed by atoms with Crippen molar-refractivity contribution in [3.8, 4) is 5.75 Å². The molecule has 2 aromatic rings. The number of thioether (sulfide) groups is 1. The van der Waals surface area contributed by atoms with Crippen molar-refractivity contribution >= 4 is 29.3 Å². The van der Waals surface area contributed by atoms with Gasteiger partial charge in [-0.3, -0.25) is 9.59 Å². The largest absolute Gasteiger partial charge is 0.496 e. The molecule has 0 saturated heterocycles. The highest BCUT2D eigenvalue weighted by Gasteiger charge is 2.20. The van der Waals surface area contributed by atoms with Gasteiger partial charge in [-0.2, -0.15) is 0 Å². The van der Waals surface area contributed by atoms with Crippen molar-refractivity contribution in [2.45, 2.75) is 11.0 Å². The Morgan fingerprint density at radius 1 is 1.04 bits per heavy atom. The number of nitrogens with one attached hydrogen (secondary N) is 2. The van der Waals surface area contributed by atoms with E-state index in [0.717, 1.165) is 10.5 Å². The van der Waals surface area contributed by atoms with Crippen molar-refractivity contribution in [2.75, 3.05) is 32.3 Å². The molecule has 2 rings (SSSR count). The monoisotopic (exact) mass is 374 g/mol. The van der Waals surface area contributed by atoms with Crippen LogP contribution in [0.2, 0.25) is 0 Å². The molecule has 0 aliphatic carbocycles. The number of ether oxygens (including phenoxy) is 2. The van der Waals surface area contributed by atoms with Crippen molar-refractivity contribution in [3.63, 3.8) is 0 Å². The van der Waals surface area contributed by atoms with Crippen molar-refractivity contribution in [1.29, 1.82) is 0 Å². The van der Waals surface area contributed by atoms with E-state index in [2.05, 4.69) is 10.6 Å². The number of methoxy groups -OCH3 is 2. The second-order valence-corrected chi connectivity index (χ2v) is 6.18. The van der Waals surface area contributed by atoms with Crippen molar-refractivity contribution in [1.82, 2.24) is 5.32 Å². The van der Waals surface area contributed by atoms with Crippen LogP contribution < -0.4 is 15.4 Å². The van der Waals surface area contributed by atoms with Gasteiger partial charge in [-0.1, -0.05) is 30.3 Å². The predicted octanol–water partition coefficient (Wildman–Crippen LogP) is 2.86. The van der Waals surface area contributed by atoms with E-state index in [0.29, 0.717) is 11.4 Å². The number of hydrogen-bond acceptors (Lipinski definition) is 5. The summed E-state index contributed by atoms with van der Waals surface area (Å²) in [5.74, 6) is -0.786. The Kier molecular flexibility index (Phi) is 7.50. The van der Waals surface area contributed by atoms with E-state index in [1.54, 1.807) is 19.2 Å². The molecule has 6 nitrogen and oxygen atoms in total. The van der Waals surface area contributed by atoms with Crippen LogP contribution >= 0.6 is 11.8 Å². The normalized spacial score (nSPS) is 11.5. The Labute approximate surface area is 157 Å². The number of benzene rings is 2. The average Bonchev–Trinajstić information content (AvgIpc) is 2.68. The highest BCUT2D eigenvalue weighted by atomic mass is 32.2. The van der Waals surface area contributed by atoms with Gasteiger partial charge >= 0.3 is 11.8 Å². The fraction of sp³-hybridized carbons (Fsp3) is 0.263. The van der Waals surface area contributed by atoms with Crippen LogP contribution in [0.5, 0.6) is 5.75 Å². The third-order valence-electron chi connectivity index (χ3n) is 3.78. The van der Waals surface area contributed by atoms with Gasteiger partial charge in [-0.25, -0.2) is 0 Å². The highest BCUT2D eigenvalue weighted by molar-refractivity contribution is 7.98. The molecule has 26 heavy (non-hydrogen) atoms. The summed E-state index contributed by atoms with van der Waals surface area (Å²) in [6.45, 7) is 0.146. The number of anilines is 1. The van der Waals surface area contributed by atoms with Crippen LogP contribution in [0.25, 0.3) is 0 Å². The first-order valence-electron chi connectivity index (χ1n) is 7.98. The lowest BCUT2D eigenvalue weighted by molar-refractivity contribution is -0.136. The third-order valence-corrected chi connectivity index (χ3v) is 4.58. The van der Waals surface area contributed by atoms with E-state index in [1.165, 1.54) is 18.9 Å². The summed E-state index contributed by atoms with van der Waals surface area (Å²) in [6.07, 6.45) is 1.47. The van der Waals surface area contributed by atoms with E-state index in [-0.39, 0.29) is 6.54 Å². The molecular formula is C19H22N2O4S. The van der Waals surface area contributed by atoms with Gasteiger partial charge in [-0.15, -0.1) is 11.8 Å². The fourth-order valence-electron chi connectivity index (χ4n) is 2.45. The molecule has 7 heteroatoms. The second-order valence-electron chi connectivity index (χ2n) is 5.33. The Morgan fingerprint density at radius 3 is 2.42 bits per heavy atom. The Hall–Kier alpha value is -2.51. The maximum atomic E-state index is 12.1. The molecule has 1 atom stereocenters. The van der Waals surface area contributed by atoms with Crippen LogP contribution in [0, 0.1) is 0 Å². The van der Waals surface area contributed by atoms with Gasteiger partial charge in [0, 0.05) is 24.1 Å². The molecule has 0 unspecified atom stereocenters. The molecule has 2 N–H and O–H groups in total. The summed E-state index contributed by atoms with van der Waals surface area (Å²) in [7, 11) is 3.11. The van der Waals surface area contributed by atoms with Crippen LogP contribution in [0.1, 0.15) is 11.7 Å². The zero-order valence-corrected chi connectivity index (χ0v) is 15.8. The molecule has 0 aliphatic heterocycles. The standard InChI is InChI=1S/C19H22N2O4S/c1-24-15-10-6-4-8-13(15)16(25-2)12-20-18(22)19(23)21-14-9-5-7-11-17(14)26-3/h4-11,16H,12H2,1-3H3,(H,20,22)(H,21,23)/t16-/m0/s1. The van der Waals surface area contributed by atoms with Crippen molar-refractivity contribution in [3.05, 3.63) is 54.1 Å². The molecule has 0 radical (unpaired) electrons. The van der Waals surface area contributed by atoms with Gasteiger partial charge in [0.15, 0.2) is 0 Å². The van der Waals surface area contributed by atoms with Gasteiger partial charge in [0.05, 0.1) is 12.8 Å². The summed E-state index contributed by atoms with van der Waals surface area (Å²) in [5.41, 5.74) is 1.40. The minimum absolute atomic E-state index is 0.146. The molecule has 0 fully saturated rings. The molecule has 0 bridgehead atoms. The second kappa shape index (κ2) is 9.84. The average molecular weight is 374 g/mol. The molecule has 0 aliphatic rings. The summed E-state index contributed by atoms with van der Waals surface area (Å²) in [6, 6.07) is 14.7. The van der Waals surface area contributed by atoms with Crippen molar-refractivity contribution < 1.29 is 19.1 Å². The number of amides is 2. The summed E-state index contributed by atoms with van der Waals surface area (Å²) >= 11 is 1.49. The van der Waals surface area contributed by atoms with Crippen LogP contribution in [0.3, 0.4) is 0 Å². The Balaban J connectivity index is 1.99. The van der Waals surface area contributed by atoms with Crippen LogP contribution in [0.15, 0.2) is 53.4 Å². The molecule has 0 spiro atoms. The van der Waals surface area contributed by atoms with Gasteiger partial charge < -0.3 is 20.1 Å². The fourth-order valence-corrected chi connectivity index (χ4v) is 3.00. The van der Waals surface area contributed by atoms with Gasteiger partial charge in [0.2, 0.25) is 0 Å². The van der Waals surface area contributed by atoms with Gasteiger partial charge in [0.25, 0.3) is 0 Å². The lowest BCUT2D eigenvalue weighted by Crippen LogP contribution is -2.38. The lowest BCUT2D eigenvalue weighted by Gasteiger charge is -2.19. The quantitative estimate of drug-likeness (QED) is 0.576. The number of carbonyl (C=O) groups is 2. The Bertz CT molecular complexity index is 767. The summed E-state index contributed by atoms with van der Waals surface area (Å²) in [5, 5.41) is 5.23. The number of carbonyl (C=O) groups excluding carboxylic acids is 2. The molecule has 2 amide bonds. The van der Waals surface area contributed by atoms with E-state index < -0.39 is 17.9 Å². The van der Waals surface area contributed by atoms with E-state index in [4.69, 9.17) is 9.47 Å². The molecule has 0 saturated carbocycles. The van der Waals surface area contributed by atoms with Gasteiger partial charge in [0.1, 0.15) is 11.9 Å². The molecular weight excluding hydrogens is 352 g/mol. The maximum absolute atomic E-state index is 12.1. The lowest BCUT2D eigenvalue weighted by atomic mass is 10.1. The smallest absolute Gasteiger partial charge is 0.313 e. The maximum Gasteiger partial charge on any atom is 0.313 e. The first-order chi connectivity index (χ1) is 12.6. The SMILES string of the molecule is COc1ccccc1[C@H](CNC(=O)C(=O)Nc1ccccc1SC)OC. The molecule has 138 valence electrons. The number of para-hydroxylation sites is 2. The van der Waals surface area contributed by atoms with Crippen LogP contribution in [0.4, 0.5) is 5.69 Å². The van der Waals surface area contributed by atoms with Gasteiger partial charge in [-0.05, 0) is 24.5 Å². The Morgan fingerprint density at radius 2 is 1.73 bits per heavy atom. The van der Waals surface area contributed by atoms with Crippen molar-refractivity contribution in [2.24, 2.45) is 0 Å². The number of rotatable bonds is 7. The van der Waals surface area contributed by atoms with E-state index >= 15 is 0 Å². The summed E-state index contributed by atoms with van der Waals surface area (Å²) < 4.78 is 10.7. The van der Waals surface area contributed by atoms with E-state index in [9.17, 15) is 9.59 Å². The van der Waals surface area contributed by atoms with E-state index in [1.807, 2.05) is 42.7 Å². The summed E-state index contributed by atoms with van der Waals surface area (Å²) in [4.78, 5) is 25.2. The molecule has 0 aromatic heterocycles. The third kappa shape index (κ3) is 5.00. The zero-order valence-electron chi connectivity index (χ0n) is 14.9. The molecule has 0 heterocycles. The topological polar surface area (TPSA) is 76.7 Å². The first-order valence-corrected chi connectivity index (χ1v) is 9.21. The minimum atomic E-state index is -0.724. The first kappa shape index (κ1) is 19.8. The van der Waals surface area contributed by atoms with Crippen LogP contribution in [-0.4, -0.2) is 38.8 Å². The predicted molar refractivity (Wildman–Crippen MR) is 103 cm³/mol. The highest BCUT2D eigenvalue weighted by Crippen LogP contribution is 2.26. The minimum Gasteiger partial charge on any atom is -0.496 e. The number of hydrogen-bond donors (Lipinski definition) is 2. The van der Waals surface area contributed by atoms with Crippen LogP contribution in [-0.2, 0) is 14.3 Å². The molecule has 2 aromatic carbocycles. The zero-order chi connectivity index (χ0) is 18.9.